The first-order chi connectivity index (χ1) is 8.49. The molecule has 6 heteroatoms. The molecule has 1 aromatic carbocycles. The van der Waals surface area contributed by atoms with Crippen LogP contribution >= 0.6 is 11.6 Å². The minimum absolute atomic E-state index is 0.0269. The monoisotopic (exact) mass is 269 g/mol. The van der Waals surface area contributed by atoms with Gasteiger partial charge in [-0.15, -0.1) is 0 Å². The number of hydrogen-bond donors (Lipinski definition) is 1. The van der Waals surface area contributed by atoms with Crippen LogP contribution in [0.4, 0.5) is 4.39 Å². The Morgan fingerprint density at radius 3 is 2.72 bits per heavy atom. The molecule has 0 saturated heterocycles. The van der Waals surface area contributed by atoms with E-state index in [1.807, 2.05) is 13.8 Å². The van der Waals surface area contributed by atoms with Crippen LogP contribution in [0.3, 0.4) is 0 Å². The average Bonchev–Trinajstić information content (AvgIpc) is 2.81. The minimum Gasteiger partial charge on any atom is -0.339 e. The van der Waals surface area contributed by atoms with Crippen LogP contribution in [-0.4, -0.2) is 16.2 Å². The summed E-state index contributed by atoms with van der Waals surface area (Å²) in [5.41, 5.74) is 6.37. The lowest BCUT2D eigenvalue weighted by atomic mass is 10.1. The van der Waals surface area contributed by atoms with E-state index in [0.29, 0.717) is 17.3 Å². The zero-order valence-corrected chi connectivity index (χ0v) is 10.8. The van der Waals surface area contributed by atoms with Crippen molar-refractivity contribution in [3.8, 4) is 11.4 Å². The van der Waals surface area contributed by atoms with Crippen molar-refractivity contribution >= 4 is 11.6 Å². The lowest BCUT2D eigenvalue weighted by Crippen LogP contribution is -2.22. The molecule has 1 heterocycles. The van der Waals surface area contributed by atoms with E-state index < -0.39 is 5.82 Å². The van der Waals surface area contributed by atoms with Crippen molar-refractivity contribution in [3.63, 3.8) is 0 Å². The predicted molar refractivity (Wildman–Crippen MR) is 66.8 cm³/mol. The van der Waals surface area contributed by atoms with E-state index >= 15 is 0 Å². The van der Waals surface area contributed by atoms with Gasteiger partial charge in [-0.3, -0.25) is 0 Å². The Balaban J connectivity index is 2.32. The Bertz CT molecular complexity index is 556. The Morgan fingerprint density at radius 2 is 2.11 bits per heavy atom. The third-order valence-electron chi connectivity index (χ3n) is 2.80. The van der Waals surface area contributed by atoms with Gasteiger partial charge in [-0.2, -0.15) is 4.98 Å². The van der Waals surface area contributed by atoms with E-state index in [0.717, 1.165) is 0 Å². The van der Waals surface area contributed by atoms with Gasteiger partial charge in [0.2, 0.25) is 11.7 Å². The topological polar surface area (TPSA) is 64.9 Å². The third-order valence-corrected chi connectivity index (χ3v) is 3.09. The number of nitrogens with zero attached hydrogens (tertiary/aromatic N) is 2. The molecule has 0 bridgehead atoms. The molecule has 0 amide bonds. The smallest absolute Gasteiger partial charge is 0.231 e. The summed E-state index contributed by atoms with van der Waals surface area (Å²) in [4.78, 5) is 4.23. The number of halogens is 2. The lowest BCUT2D eigenvalue weighted by Gasteiger charge is -2.09. The van der Waals surface area contributed by atoms with E-state index in [4.69, 9.17) is 21.9 Å². The van der Waals surface area contributed by atoms with Crippen LogP contribution in [0.1, 0.15) is 25.7 Å². The summed E-state index contributed by atoms with van der Waals surface area (Å²) >= 11 is 5.70. The van der Waals surface area contributed by atoms with Crippen LogP contribution in [0.2, 0.25) is 5.02 Å². The highest BCUT2D eigenvalue weighted by Gasteiger charge is 2.18. The normalized spacial score (nSPS) is 14.5. The van der Waals surface area contributed by atoms with Gasteiger partial charge in [0.15, 0.2) is 0 Å². The number of benzene rings is 1. The molecule has 0 saturated carbocycles. The predicted octanol–water partition coefficient (Wildman–Crippen LogP) is 2.98. The standard InChI is InChI=1S/C12H13ClFN3O/c1-6(7(2)15)12-16-11(17-18-12)8-3-4-10(14)9(13)5-8/h3-7H,15H2,1-2H3. The summed E-state index contributed by atoms with van der Waals surface area (Å²) in [6.45, 7) is 3.77. The molecule has 18 heavy (non-hydrogen) atoms. The second kappa shape index (κ2) is 5.04. The molecule has 2 N–H and O–H groups in total. The minimum atomic E-state index is -0.479. The number of rotatable bonds is 3. The second-order valence-electron chi connectivity index (χ2n) is 4.23. The van der Waals surface area contributed by atoms with E-state index in [2.05, 4.69) is 10.1 Å². The summed E-state index contributed by atoms with van der Waals surface area (Å²) in [5, 5.41) is 3.86. The van der Waals surface area contributed by atoms with Gasteiger partial charge < -0.3 is 10.3 Å². The highest BCUT2D eigenvalue weighted by Crippen LogP contribution is 2.24. The zero-order chi connectivity index (χ0) is 13.3. The first kappa shape index (κ1) is 13.0. The fourth-order valence-electron chi connectivity index (χ4n) is 1.40. The Kier molecular flexibility index (Phi) is 3.63. The van der Waals surface area contributed by atoms with Crippen molar-refractivity contribution in [1.82, 2.24) is 10.1 Å². The van der Waals surface area contributed by atoms with Gasteiger partial charge in [0, 0.05) is 11.6 Å². The van der Waals surface area contributed by atoms with Crippen molar-refractivity contribution in [1.29, 1.82) is 0 Å². The molecule has 0 spiro atoms. The van der Waals surface area contributed by atoms with E-state index in [-0.39, 0.29) is 17.0 Å². The molecule has 2 rings (SSSR count). The number of nitrogens with two attached hydrogens (primary N) is 1. The van der Waals surface area contributed by atoms with Crippen LogP contribution in [-0.2, 0) is 0 Å². The first-order valence-corrected chi connectivity index (χ1v) is 5.91. The molecule has 96 valence electrons. The van der Waals surface area contributed by atoms with Crippen molar-refractivity contribution in [2.75, 3.05) is 0 Å². The van der Waals surface area contributed by atoms with Gasteiger partial charge >= 0.3 is 0 Å². The van der Waals surface area contributed by atoms with E-state index in [9.17, 15) is 4.39 Å². The molecular formula is C12H13ClFN3O. The molecule has 0 aliphatic rings. The molecule has 0 radical (unpaired) electrons. The van der Waals surface area contributed by atoms with Crippen LogP contribution in [0.25, 0.3) is 11.4 Å². The van der Waals surface area contributed by atoms with Crippen molar-refractivity contribution in [2.24, 2.45) is 5.73 Å². The van der Waals surface area contributed by atoms with Crippen molar-refractivity contribution in [2.45, 2.75) is 25.8 Å². The molecule has 0 fully saturated rings. The molecule has 1 aromatic heterocycles. The highest BCUT2D eigenvalue weighted by molar-refractivity contribution is 6.31. The average molecular weight is 270 g/mol. The maximum Gasteiger partial charge on any atom is 0.231 e. The number of hydrogen-bond acceptors (Lipinski definition) is 4. The Morgan fingerprint density at radius 1 is 1.39 bits per heavy atom. The fourth-order valence-corrected chi connectivity index (χ4v) is 1.58. The summed E-state index contributed by atoms with van der Waals surface area (Å²) in [6.07, 6.45) is 0. The zero-order valence-electron chi connectivity index (χ0n) is 10.0. The van der Waals surface area contributed by atoms with Gasteiger partial charge in [-0.1, -0.05) is 23.7 Å². The van der Waals surface area contributed by atoms with Gasteiger partial charge in [0.05, 0.1) is 10.9 Å². The highest BCUT2D eigenvalue weighted by atomic mass is 35.5. The summed E-state index contributed by atoms with van der Waals surface area (Å²) in [6, 6.07) is 4.19. The second-order valence-corrected chi connectivity index (χ2v) is 4.64. The molecule has 0 aliphatic heterocycles. The maximum absolute atomic E-state index is 13.0. The third kappa shape index (κ3) is 2.52. The molecule has 0 aliphatic carbocycles. The van der Waals surface area contributed by atoms with E-state index in [1.54, 1.807) is 6.07 Å². The molecule has 2 aromatic rings. The van der Waals surface area contributed by atoms with Gasteiger partial charge in [-0.25, -0.2) is 4.39 Å². The maximum atomic E-state index is 13.0. The van der Waals surface area contributed by atoms with Crippen LogP contribution in [0, 0.1) is 5.82 Å². The largest absolute Gasteiger partial charge is 0.339 e. The lowest BCUT2D eigenvalue weighted by molar-refractivity contribution is 0.347. The Hall–Kier alpha value is -1.46. The molecule has 4 nitrogen and oxygen atoms in total. The van der Waals surface area contributed by atoms with Crippen molar-refractivity contribution < 1.29 is 8.91 Å². The molecule has 2 atom stereocenters. The summed E-state index contributed by atoms with van der Waals surface area (Å²) < 4.78 is 18.2. The van der Waals surface area contributed by atoms with E-state index in [1.165, 1.54) is 12.1 Å². The number of aromatic nitrogens is 2. The summed E-state index contributed by atoms with van der Waals surface area (Å²) in [7, 11) is 0. The molecular weight excluding hydrogens is 257 g/mol. The van der Waals surface area contributed by atoms with Gasteiger partial charge in [0.25, 0.3) is 0 Å². The molecule has 2 unspecified atom stereocenters. The quantitative estimate of drug-likeness (QED) is 0.930. The van der Waals surface area contributed by atoms with Crippen LogP contribution in [0.15, 0.2) is 22.7 Å². The van der Waals surface area contributed by atoms with Gasteiger partial charge in [0.1, 0.15) is 5.82 Å². The fraction of sp³-hybridized carbons (Fsp3) is 0.333. The van der Waals surface area contributed by atoms with Crippen molar-refractivity contribution in [3.05, 3.63) is 34.9 Å². The van der Waals surface area contributed by atoms with Crippen LogP contribution < -0.4 is 5.73 Å². The first-order valence-electron chi connectivity index (χ1n) is 5.53. The summed E-state index contributed by atoms with van der Waals surface area (Å²) in [5.74, 6) is 0.315. The SMILES string of the molecule is CC(N)C(C)c1nc(-c2ccc(F)c(Cl)c2)no1. The van der Waals surface area contributed by atoms with Crippen LogP contribution in [0.5, 0.6) is 0 Å². The Labute approximate surface area is 109 Å². The van der Waals surface area contributed by atoms with Gasteiger partial charge in [-0.05, 0) is 25.1 Å².